The van der Waals surface area contributed by atoms with Crippen LogP contribution >= 0.6 is 0 Å². The molecule has 0 radical (unpaired) electrons. The summed E-state index contributed by atoms with van der Waals surface area (Å²) in [6.45, 7) is 4.47. The third kappa shape index (κ3) is 3.42. The first-order valence-electron chi connectivity index (χ1n) is 9.62. The molecule has 2 aromatic heterocycles. The van der Waals surface area contributed by atoms with E-state index in [1.165, 1.54) is 6.26 Å². The molecule has 0 spiro atoms. The van der Waals surface area contributed by atoms with E-state index >= 15 is 0 Å². The number of aromatic nitrogens is 2. The van der Waals surface area contributed by atoms with Crippen molar-refractivity contribution >= 4 is 11.8 Å². The monoisotopic (exact) mass is 388 g/mol. The number of fused-ring (bicyclic) bond motifs is 1. The van der Waals surface area contributed by atoms with Gasteiger partial charge in [0.05, 0.1) is 24.9 Å². The van der Waals surface area contributed by atoms with Gasteiger partial charge in [-0.25, -0.2) is 0 Å². The lowest BCUT2D eigenvalue weighted by Crippen LogP contribution is -2.47. The standard InChI is InChI=1S/C19H24N4O5/c1-2-7-20-18(25)19-11-23(9-13(19)10-26-12-19)16(24)6-5-15-21-17(22-28-15)14-4-3-8-27-14/h3-4,8,13H,2,5-7,9-12H2,1H3,(H,20,25)/t13-,19-/m0/s1. The smallest absolute Gasteiger partial charge is 0.238 e. The van der Waals surface area contributed by atoms with Gasteiger partial charge in [0.2, 0.25) is 23.5 Å². The highest BCUT2D eigenvalue weighted by atomic mass is 16.5. The van der Waals surface area contributed by atoms with Crippen LogP contribution in [0.3, 0.4) is 0 Å². The van der Waals surface area contributed by atoms with Gasteiger partial charge in [-0.1, -0.05) is 12.1 Å². The molecular weight excluding hydrogens is 364 g/mol. The fourth-order valence-electron chi connectivity index (χ4n) is 3.90. The number of ether oxygens (including phenoxy) is 1. The second-order valence-electron chi connectivity index (χ2n) is 7.39. The first kappa shape index (κ1) is 18.7. The fraction of sp³-hybridized carbons (Fsp3) is 0.579. The van der Waals surface area contributed by atoms with Crippen LogP contribution in [0.25, 0.3) is 11.6 Å². The van der Waals surface area contributed by atoms with Gasteiger partial charge in [-0.05, 0) is 18.6 Å². The van der Waals surface area contributed by atoms with E-state index in [4.69, 9.17) is 13.7 Å². The number of carbonyl (C=O) groups excluding carboxylic acids is 2. The Bertz CT molecular complexity index is 833. The quantitative estimate of drug-likeness (QED) is 0.760. The number of hydrogen-bond acceptors (Lipinski definition) is 7. The van der Waals surface area contributed by atoms with Crippen LogP contribution in [0, 0.1) is 11.3 Å². The lowest BCUT2D eigenvalue weighted by molar-refractivity contribution is -0.134. The molecule has 0 aromatic carbocycles. The number of hydrogen-bond donors (Lipinski definition) is 1. The minimum absolute atomic E-state index is 0.00728. The summed E-state index contributed by atoms with van der Waals surface area (Å²) in [6, 6.07) is 3.49. The summed E-state index contributed by atoms with van der Waals surface area (Å²) in [5.74, 6) is 1.29. The van der Waals surface area contributed by atoms with Crippen LogP contribution in [0.2, 0.25) is 0 Å². The van der Waals surface area contributed by atoms with Crippen molar-refractivity contribution in [2.75, 3.05) is 32.8 Å². The average Bonchev–Trinajstić information content (AvgIpc) is 3.46. The van der Waals surface area contributed by atoms with Crippen LogP contribution < -0.4 is 5.32 Å². The summed E-state index contributed by atoms with van der Waals surface area (Å²) in [5.41, 5.74) is -0.623. The second kappa shape index (κ2) is 7.75. The van der Waals surface area contributed by atoms with Gasteiger partial charge in [0.15, 0.2) is 5.76 Å². The lowest BCUT2D eigenvalue weighted by Gasteiger charge is -2.25. The largest absolute Gasteiger partial charge is 0.461 e. The van der Waals surface area contributed by atoms with Crippen LogP contribution in [0.5, 0.6) is 0 Å². The van der Waals surface area contributed by atoms with Crippen molar-refractivity contribution in [1.82, 2.24) is 20.4 Å². The number of amides is 2. The fourth-order valence-corrected chi connectivity index (χ4v) is 3.90. The molecule has 28 heavy (non-hydrogen) atoms. The van der Waals surface area contributed by atoms with Gasteiger partial charge in [0, 0.05) is 38.4 Å². The predicted octanol–water partition coefficient (Wildman–Crippen LogP) is 1.26. The predicted molar refractivity (Wildman–Crippen MR) is 96.9 cm³/mol. The highest BCUT2D eigenvalue weighted by Crippen LogP contribution is 2.41. The van der Waals surface area contributed by atoms with Crippen molar-refractivity contribution in [3.63, 3.8) is 0 Å². The van der Waals surface area contributed by atoms with Crippen LogP contribution in [-0.2, 0) is 20.7 Å². The maximum atomic E-state index is 12.7. The molecule has 2 fully saturated rings. The topological polar surface area (TPSA) is 111 Å². The van der Waals surface area contributed by atoms with Crippen molar-refractivity contribution in [3.05, 3.63) is 24.3 Å². The second-order valence-corrected chi connectivity index (χ2v) is 7.39. The van der Waals surface area contributed by atoms with Crippen LogP contribution in [0.1, 0.15) is 25.7 Å². The van der Waals surface area contributed by atoms with Crippen molar-refractivity contribution < 1.29 is 23.3 Å². The first-order chi connectivity index (χ1) is 13.6. The Hall–Kier alpha value is -2.68. The summed E-state index contributed by atoms with van der Waals surface area (Å²) in [5, 5.41) is 6.84. The molecule has 2 aliphatic rings. The molecule has 2 amide bonds. The molecule has 2 saturated heterocycles. The van der Waals surface area contributed by atoms with E-state index in [2.05, 4.69) is 15.5 Å². The number of furan rings is 1. The van der Waals surface area contributed by atoms with E-state index in [-0.39, 0.29) is 24.2 Å². The Balaban J connectivity index is 1.35. The Labute approximate surface area is 162 Å². The van der Waals surface area contributed by atoms with Gasteiger partial charge in [-0.3, -0.25) is 9.59 Å². The van der Waals surface area contributed by atoms with E-state index in [9.17, 15) is 9.59 Å². The Morgan fingerprint density at radius 2 is 2.32 bits per heavy atom. The molecular formula is C19H24N4O5. The minimum atomic E-state index is -0.623. The number of aryl methyl sites for hydroxylation is 1. The molecule has 9 heteroatoms. The van der Waals surface area contributed by atoms with E-state index in [0.29, 0.717) is 56.7 Å². The van der Waals surface area contributed by atoms with Gasteiger partial charge in [-0.15, -0.1) is 0 Å². The molecule has 0 aliphatic carbocycles. The number of nitrogens with zero attached hydrogens (tertiary/aromatic N) is 3. The van der Waals surface area contributed by atoms with Gasteiger partial charge in [-0.2, -0.15) is 4.98 Å². The normalized spacial score (nSPS) is 23.8. The summed E-state index contributed by atoms with van der Waals surface area (Å²) >= 11 is 0. The Morgan fingerprint density at radius 1 is 1.43 bits per heavy atom. The van der Waals surface area contributed by atoms with Crippen LogP contribution in [0.15, 0.2) is 27.3 Å². The van der Waals surface area contributed by atoms with Crippen molar-refractivity contribution in [1.29, 1.82) is 0 Å². The Kier molecular flexibility index (Phi) is 5.17. The SMILES string of the molecule is CCCNC(=O)[C@@]12COC[C@@H]1CN(C(=O)CCc1nc(-c3ccco3)no1)C2. The third-order valence-electron chi connectivity index (χ3n) is 5.48. The Morgan fingerprint density at radius 3 is 3.11 bits per heavy atom. The molecule has 2 aromatic rings. The zero-order valence-electron chi connectivity index (χ0n) is 15.8. The summed E-state index contributed by atoms with van der Waals surface area (Å²) in [4.78, 5) is 31.4. The molecule has 0 bridgehead atoms. The molecule has 2 aliphatic heterocycles. The molecule has 2 atom stereocenters. The van der Waals surface area contributed by atoms with E-state index in [0.717, 1.165) is 6.42 Å². The molecule has 0 unspecified atom stereocenters. The summed E-state index contributed by atoms with van der Waals surface area (Å²) < 4.78 is 16.0. The molecule has 0 saturated carbocycles. The minimum Gasteiger partial charge on any atom is -0.461 e. The number of nitrogens with one attached hydrogen (secondary N) is 1. The lowest BCUT2D eigenvalue weighted by atomic mass is 9.80. The highest BCUT2D eigenvalue weighted by molar-refractivity contribution is 5.86. The maximum Gasteiger partial charge on any atom is 0.238 e. The van der Waals surface area contributed by atoms with E-state index in [1.807, 2.05) is 6.92 Å². The molecule has 4 heterocycles. The third-order valence-corrected chi connectivity index (χ3v) is 5.48. The summed E-state index contributed by atoms with van der Waals surface area (Å²) in [7, 11) is 0. The van der Waals surface area contributed by atoms with Crippen molar-refractivity contribution in [2.45, 2.75) is 26.2 Å². The number of rotatable bonds is 7. The highest BCUT2D eigenvalue weighted by Gasteiger charge is 2.56. The van der Waals surface area contributed by atoms with Gasteiger partial charge in [0.25, 0.3) is 0 Å². The van der Waals surface area contributed by atoms with Gasteiger partial charge in [0.1, 0.15) is 0 Å². The zero-order valence-corrected chi connectivity index (χ0v) is 15.8. The average molecular weight is 388 g/mol. The van der Waals surface area contributed by atoms with Crippen molar-refractivity contribution in [3.8, 4) is 11.6 Å². The van der Waals surface area contributed by atoms with Gasteiger partial charge >= 0.3 is 0 Å². The molecule has 4 rings (SSSR count). The molecule has 1 N–H and O–H groups in total. The number of likely N-dealkylation sites (tertiary alicyclic amines) is 1. The molecule has 150 valence electrons. The summed E-state index contributed by atoms with van der Waals surface area (Å²) in [6.07, 6.45) is 3.01. The van der Waals surface area contributed by atoms with Gasteiger partial charge < -0.3 is 23.9 Å². The zero-order chi connectivity index (χ0) is 19.6. The van der Waals surface area contributed by atoms with Crippen LogP contribution in [0.4, 0.5) is 0 Å². The van der Waals surface area contributed by atoms with Crippen LogP contribution in [-0.4, -0.2) is 59.7 Å². The maximum absolute atomic E-state index is 12.7. The first-order valence-corrected chi connectivity index (χ1v) is 9.62. The number of carbonyl (C=O) groups is 2. The van der Waals surface area contributed by atoms with E-state index < -0.39 is 5.41 Å². The van der Waals surface area contributed by atoms with E-state index in [1.54, 1.807) is 17.0 Å². The van der Waals surface area contributed by atoms with Crippen molar-refractivity contribution in [2.24, 2.45) is 11.3 Å². The molecule has 9 nitrogen and oxygen atoms in total.